The first-order valence-electron chi connectivity index (χ1n) is 9.77. The maximum Gasteiger partial charge on any atom is 0.183 e. The molecule has 0 atom stereocenters. The van der Waals surface area contributed by atoms with Crippen molar-refractivity contribution in [2.75, 3.05) is 19.8 Å². The van der Waals surface area contributed by atoms with E-state index >= 15 is 0 Å². The van der Waals surface area contributed by atoms with Crippen LogP contribution in [0.15, 0.2) is 24.3 Å². The van der Waals surface area contributed by atoms with Crippen molar-refractivity contribution >= 4 is 0 Å². The number of unbranched alkanes of at least 4 members (excludes halogenated alkanes) is 5. The molecule has 0 aliphatic carbocycles. The Kier molecular flexibility index (Phi) is 12.5. The van der Waals surface area contributed by atoms with E-state index in [4.69, 9.17) is 14.2 Å². The molecule has 0 radical (unpaired) electrons. The zero-order valence-electron chi connectivity index (χ0n) is 15.9. The molecule has 0 spiro atoms. The summed E-state index contributed by atoms with van der Waals surface area (Å²) in [7, 11) is 0. The van der Waals surface area contributed by atoms with Crippen molar-refractivity contribution in [1.29, 1.82) is 0 Å². The summed E-state index contributed by atoms with van der Waals surface area (Å²) < 4.78 is 17.4. The molecule has 3 heteroatoms. The smallest absolute Gasteiger partial charge is 0.183 e. The van der Waals surface area contributed by atoms with E-state index in [2.05, 4.69) is 20.8 Å². The Morgan fingerprint density at radius 2 is 1.25 bits per heavy atom. The summed E-state index contributed by atoms with van der Waals surface area (Å²) in [6, 6.07) is 8.13. The van der Waals surface area contributed by atoms with E-state index in [-0.39, 0.29) is 6.29 Å². The van der Waals surface area contributed by atoms with Gasteiger partial charge in [0.1, 0.15) is 5.75 Å². The summed E-state index contributed by atoms with van der Waals surface area (Å²) in [6.07, 6.45) is 9.43. The number of hydrogen-bond acceptors (Lipinski definition) is 3. The molecule has 0 N–H and O–H groups in total. The van der Waals surface area contributed by atoms with Crippen LogP contribution in [0.3, 0.4) is 0 Å². The van der Waals surface area contributed by atoms with Gasteiger partial charge in [-0.2, -0.15) is 0 Å². The Balaban J connectivity index is 2.34. The van der Waals surface area contributed by atoms with Gasteiger partial charge in [0.05, 0.1) is 6.61 Å². The zero-order chi connectivity index (χ0) is 17.5. The Morgan fingerprint density at radius 3 is 1.83 bits per heavy atom. The van der Waals surface area contributed by atoms with Crippen molar-refractivity contribution in [2.45, 2.75) is 78.4 Å². The predicted octanol–water partition coefficient (Wildman–Crippen LogP) is 6.28. The molecule has 0 unspecified atom stereocenters. The van der Waals surface area contributed by atoms with Crippen LogP contribution in [0.1, 0.15) is 84.0 Å². The van der Waals surface area contributed by atoms with Crippen LogP contribution in [0.25, 0.3) is 0 Å². The molecule has 0 aliphatic heterocycles. The van der Waals surface area contributed by atoms with Crippen LogP contribution < -0.4 is 4.74 Å². The second-order valence-electron chi connectivity index (χ2n) is 6.26. The summed E-state index contributed by atoms with van der Waals surface area (Å²) in [5, 5.41) is 0. The van der Waals surface area contributed by atoms with Crippen LogP contribution in [-0.4, -0.2) is 19.8 Å². The highest BCUT2D eigenvalue weighted by Crippen LogP contribution is 2.22. The second kappa shape index (κ2) is 14.3. The molecule has 1 rings (SSSR count). The fraction of sp³-hybridized carbons (Fsp3) is 0.714. The number of benzene rings is 1. The summed E-state index contributed by atoms with van der Waals surface area (Å²) in [6.45, 7) is 8.69. The van der Waals surface area contributed by atoms with Crippen LogP contribution in [-0.2, 0) is 9.47 Å². The van der Waals surface area contributed by atoms with E-state index in [0.717, 1.165) is 37.2 Å². The van der Waals surface area contributed by atoms with Gasteiger partial charge < -0.3 is 14.2 Å². The summed E-state index contributed by atoms with van der Waals surface area (Å²) in [4.78, 5) is 0. The van der Waals surface area contributed by atoms with E-state index in [0.29, 0.717) is 13.2 Å². The third-order valence-electron chi connectivity index (χ3n) is 3.87. The first kappa shape index (κ1) is 21.0. The lowest BCUT2D eigenvalue weighted by molar-refractivity contribution is -0.146. The first-order valence-corrected chi connectivity index (χ1v) is 9.77. The third kappa shape index (κ3) is 9.29. The minimum absolute atomic E-state index is 0.266. The summed E-state index contributed by atoms with van der Waals surface area (Å²) >= 11 is 0. The molecule has 0 saturated heterocycles. The fourth-order valence-electron chi connectivity index (χ4n) is 2.48. The van der Waals surface area contributed by atoms with Gasteiger partial charge in [0.15, 0.2) is 6.29 Å². The van der Waals surface area contributed by atoms with Crippen molar-refractivity contribution in [2.24, 2.45) is 0 Å². The highest BCUT2D eigenvalue weighted by molar-refractivity contribution is 5.28. The molecule has 0 saturated carbocycles. The highest BCUT2D eigenvalue weighted by Gasteiger charge is 2.12. The molecule has 24 heavy (non-hydrogen) atoms. The summed E-state index contributed by atoms with van der Waals surface area (Å²) in [5.41, 5.74) is 1.06. The molecule has 0 aromatic heterocycles. The van der Waals surface area contributed by atoms with Gasteiger partial charge in [-0.3, -0.25) is 0 Å². The van der Waals surface area contributed by atoms with Crippen LogP contribution in [0.5, 0.6) is 5.75 Å². The molecule has 1 aromatic rings. The van der Waals surface area contributed by atoms with Gasteiger partial charge in [-0.25, -0.2) is 0 Å². The van der Waals surface area contributed by atoms with Gasteiger partial charge in [0, 0.05) is 18.8 Å². The van der Waals surface area contributed by atoms with Crippen molar-refractivity contribution < 1.29 is 14.2 Å². The number of rotatable bonds is 15. The van der Waals surface area contributed by atoms with Gasteiger partial charge in [-0.05, 0) is 31.4 Å². The van der Waals surface area contributed by atoms with Crippen LogP contribution in [0.2, 0.25) is 0 Å². The largest absolute Gasteiger partial charge is 0.494 e. The molecule has 3 nitrogen and oxygen atoms in total. The molecule has 138 valence electrons. The maximum absolute atomic E-state index is 5.83. The van der Waals surface area contributed by atoms with E-state index in [1.807, 2.05) is 24.3 Å². The lowest BCUT2D eigenvalue weighted by atomic mass is 10.1. The highest BCUT2D eigenvalue weighted by atomic mass is 16.7. The van der Waals surface area contributed by atoms with Crippen molar-refractivity contribution in [3.8, 4) is 5.75 Å². The first-order chi connectivity index (χ1) is 11.8. The van der Waals surface area contributed by atoms with E-state index in [1.54, 1.807) is 0 Å². The SMILES string of the molecule is CCCCCCCCOc1ccc(C(OCCC)OCCC)cc1. The van der Waals surface area contributed by atoms with Gasteiger partial charge >= 0.3 is 0 Å². The second-order valence-corrected chi connectivity index (χ2v) is 6.26. The molecule has 0 amide bonds. The fourth-order valence-corrected chi connectivity index (χ4v) is 2.48. The third-order valence-corrected chi connectivity index (χ3v) is 3.87. The lowest BCUT2D eigenvalue weighted by Gasteiger charge is -2.18. The van der Waals surface area contributed by atoms with E-state index < -0.39 is 0 Å². The minimum atomic E-state index is -0.266. The zero-order valence-corrected chi connectivity index (χ0v) is 15.9. The Hall–Kier alpha value is -1.06. The van der Waals surface area contributed by atoms with Gasteiger partial charge in [0.2, 0.25) is 0 Å². The Labute approximate surface area is 148 Å². The average Bonchev–Trinajstić information content (AvgIpc) is 2.62. The van der Waals surface area contributed by atoms with Crippen molar-refractivity contribution in [3.63, 3.8) is 0 Å². The molecule has 0 heterocycles. The molecule has 0 fully saturated rings. The van der Waals surface area contributed by atoms with E-state index in [9.17, 15) is 0 Å². The Bertz CT molecular complexity index is 381. The van der Waals surface area contributed by atoms with Crippen LogP contribution in [0.4, 0.5) is 0 Å². The topological polar surface area (TPSA) is 27.7 Å². The van der Waals surface area contributed by atoms with Crippen LogP contribution >= 0.6 is 0 Å². The van der Waals surface area contributed by atoms with Gasteiger partial charge in [0.25, 0.3) is 0 Å². The normalized spacial score (nSPS) is 11.2. The van der Waals surface area contributed by atoms with Gasteiger partial charge in [-0.15, -0.1) is 0 Å². The van der Waals surface area contributed by atoms with Crippen LogP contribution in [0, 0.1) is 0 Å². The number of hydrogen-bond donors (Lipinski definition) is 0. The van der Waals surface area contributed by atoms with Crippen molar-refractivity contribution in [1.82, 2.24) is 0 Å². The maximum atomic E-state index is 5.83. The standard InChI is InChI=1S/C21H36O3/c1-4-7-8-9-10-11-18-22-20-14-12-19(13-15-20)21(23-16-5-2)24-17-6-3/h12-15,21H,4-11,16-18H2,1-3H3. The molecule has 0 bridgehead atoms. The van der Waals surface area contributed by atoms with E-state index in [1.165, 1.54) is 32.1 Å². The van der Waals surface area contributed by atoms with Gasteiger partial charge in [-0.1, -0.05) is 65.0 Å². The monoisotopic (exact) mass is 336 g/mol. The molecular weight excluding hydrogens is 300 g/mol. The Morgan fingerprint density at radius 1 is 0.667 bits per heavy atom. The molecule has 1 aromatic carbocycles. The minimum Gasteiger partial charge on any atom is -0.494 e. The quantitative estimate of drug-likeness (QED) is 0.279. The number of ether oxygens (including phenoxy) is 3. The summed E-state index contributed by atoms with van der Waals surface area (Å²) in [5.74, 6) is 0.928. The molecule has 0 aliphatic rings. The van der Waals surface area contributed by atoms with Crippen molar-refractivity contribution in [3.05, 3.63) is 29.8 Å². The lowest BCUT2D eigenvalue weighted by Crippen LogP contribution is -2.10. The predicted molar refractivity (Wildman–Crippen MR) is 101 cm³/mol. The average molecular weight is 337 g/mol. The molecular formula is C21H36O3.